The number of aliphatic hydroxyl groups excluding tert-OH is 1. The standard InChI is InChI=1S/C22H34O3/c1-13(2)19-16(24-6)12-15-14(20(19)25-7)8-9-17-21(3,4)18(23)10-11-22(15,17)5/h12-13,17-18,23H,8-11H2,1-7H3/t17-,18-,22+/m0/s1. The molecule has 0 radical (unpaired) electrons. The predicted molar refractivity (Wildman–Crippen MR) is 102 cm³/mol. The van der Waals surface area contributed by atoms with Crippen LogP contribution in [-0.4, -0.2) is 25.4 Å². The normalized spacial score (nSPS) is 30.6. The molecule has 0 aliphatic heterocycles. The van der Waals surface area contributed by atoms with Crippen LogP contribution in [0.15, 0.2) is 6.07 Å². The third-order valence-corrected chi connectivity index (χ3v) is 7.15. The number of methoxy groups -OCH3 is 2. The Labute approximate surface area is 152 Å². The van der Waals surface area contributed by atoms with Crippen molar-refractivity contribution >= 4 is 0 Å². The van der Waals surface area contributed by atoms with Crippen LogP contribution >= 0.6 is 0 Å². The van der Waals surface area contributed by atoms with E-state index in [9.17, 15) is 5.11 Å². The van der Waals surface area contributed by atoms with E-state index in [4.69, 9.17) is 9.47 Å². The Morgan fingerprint density at radius 3 is 2.36 bits per heavy atom. The zero-order valence-electron chi connectivity index (χ0n) is 16.9. The minimum absolute atomic E-state index is 0.0619. The summed E-state index contributed by atoms with van der Waals surface area (Å²) in [5, 5.41) is 10.6. The molecule has 3 atom stereocenters. The van der Waals surface area contributed by atoms with E-state index in [0.29, 0.717) is 11.8 Å². The zero-order valence-corrected chi connectivity index (χ0v) is 16.9. The molecule has 0 spiro atoms. The Balaban J connectivity index is 2.23. The van der Waals surface area contributed by atoms with E-state index in [1.54, 1.807) is 14.2 Å². The zero-order chi connectivity index (χ0) is 18.6. The average Bonchev–Trinajstić information content (AvgIpc) is 2.56. The van der Waals surface area contributed by atoms with Crippen LogP contribution in [-0.2, 0) is 11.8 Å². The minimum atomic E-state index is -0.217. The van der Waals surface area contributed by atoms with Crippen LogP contribution in [0.2, 0.25) is 0 Å². The number of fused-ring (bicyclic) bond motifs is 3. The van der Waals surface area contributed by atoms with Gasteiger partial charge in [0, 0.05) is 5.56 Å². The molecule has 1 N–H and O–H groups in total. The molecule has 140 valence electrons. The van der Waals surface area contributed by atoms with Gasteiger partial charge in [0.05, 0.1) is 20.3 Å². The third kappa shape index (κ3) is 2.58. The first-order valence-corrected chi connectivity index (χ1v) is 9.64. The van der Waals surface area contributed by atoms with Gasteiger partial charge in [-0.1, -0.05) is 34.6 Å². The van der Waals surface area contributed by atoms with E-state index in [-0.39, 0.29) is 16.9 Å². The first-order valence-electron chi connectivity index (χ1n) is 9.64. The van der Waals surface area contributed by atoms with E-state index >= 15 is 0 Å². The highest BCUT2D eigenvalue weighted by Crippen LogP contribution is 2.59. The highest BCUT2D eigenvalue weighted by atomic mass is 16.5. The Bertz CT molecular complexity index is 662. The smallest absolute Gasteiger partial charge is 0.129 e. The molecule has 3 rings (SSSR count). The van der Waals surface area contributed by atoms with Crippen molar-refractivity contribution in [3.05, 3.63) is 22.8 Å². The summed E-state index contributed by atoms with van der Waals surface area (Å²) in [4.78, 5) is 0. The van der Waals surface area contributed by atoms with Gasteiger partial charge in [-0.15, -0.1) is 0 Å². The molecule has 0 heterocycles. The molecule has 1 aromatic carbocycles. The second kappa shape index (κ2) is 6.19. The predicted octanol–water partition coefficient (Wildman–Crippen LogP) is 4.83. The molecule has 3 nitrogen and oxygen atoms in total. The fourth-order valence-corrected chi connectivity index (χ4v) is 5.74. The molecule has 3 heteroatoms. The molecule has 1 aromatic rings. The van der Waals surface area contributed by atoms with Crippen molar-refractivity contribution in [3.63, 3.8) is 0 Å². The van der Waals surface area contributed by atoms with Crippen LogP contribution in [0.5, 0.6) is 11.5 Å². The molecule has 0 bridgehead atoms. The van der Waals surface area contributed by atoms with E-state index in [1.165, 1.54) is 16.7 Å². The van der Waals surface area contributed by atoms with Gasteiger partial charge in [-0.25, -0.2) is 0 Å². The van der Waals surface area contributed by atoms with E-state index in [2.05, 4.69) is 40.7 Å². The summed E-state index contributed by atoms with van der Waals surface area (Å²) < 4.78 is 11.7. The van der Waals surface area contributed by atoms with E-state index < -0.39 is 0 Å². The number of rotatable bonds is 3. The lowest BCUT2D eigenvalue weighted by Gasteiger charge is -2.56. The maximum absolute atomic E-state index is 10.6. The number of aliphatic hydroxyl groups is 1. The highest BCUT2D eigenvalue weighted by molar-refractivity contribution is 5.59. The van der Waals surface area contributed by atoms with Gasteiger partial charge in [0.15, 0.2) is 0 Å². The van der Waals surface area contributed by atoms with Gasteiger partial charge in [-0.2, -0.15) is 0 Å². The quantitative estimate of drug-likeness (QED) is 0.852. The van der Waals surface area contributed by atoms with Crippen LogP contribution < -0.4 is 9.47 Å². The average molecular weight is 347 g/mol. The number of ether oxygens (including phenoxy) is 2. The topological polar surface area (TPSA) is 38.7 Å². The van der Waals surface area contributed by atoms with Crippen LogP contribution in [0.25, 0.3) is 0 Å². The molecule has 0 aromatic heterocycles. The van der Waals surface area contributed by atoms with Crippen LogP contribution in [0.3, 0.4) is 0 Å². The number of hydrogen-bond acceptors (Lipinski definition) is 3. The van der Waals surface area contributed by atoms with Gasteiger partial charge in [0.2, 0.25) is 0 Å². The van der Waals surface area contributed by atoms with E-state index in [1.807, 2.05) is 0 Å². The molecule has 0 saturated heterocycles. The monoisotopic (exact) mass is 346 g/mol. The maximum atomic E-state index is 10.6. The summed E-state index contributed by atoms with van der Waals surface area (Å²) in [5.74, 6) is 2.78. The van der Waals surface area contributed by atoms with Gasteiger partial charge < -0.3 is 14.6 Å². The highest BCUT2D eigenvalue weighted by Gasteiger charge is 2.54. The molecule has 1 saturated carbocycles. The lowest BCUT2D eigenvalue weighted by Crippen LogP contribution is -2.53. The largest absolute Gasteiger partial charge is 0.496 e. The fraction of sp³-hybridized carbons (Fsp3) is 0.727. The summed E-state index contributed by atoms with van der Waals surface area (Å²) in [6.07, 6.45) is 3.77. The second-order valence-electron chi connectivity index (χ2n) is 9.09. The molecular weight excluding hydrogens is 312 g/mol. The molecule has 0 amide bonds. The van der Waals surface area contributed by atoms with Crippen LogP contribution in [0, 0.1) is 11.3 Å². The maximum Gasteiger partial charge on any atom is 0.129 e. The summed E-state index contributed by atoms with van der Waals surface area (Å²) in [6, 6.07) is 2.27. The van der Waals surface area contributed by atoms with Crippen molar-refractivity contribution in [2.24, 2.45) is 11.3 Å². The van der Waals surface area contributed by atoms with Crippen molar-refractivity contribution in [1.82, 2.24) is 0 Å². The third-order valence-electron chi connectivity index (χ3n) is 7.15. The van der Waals surface area contributed by atoms with Crippen LogP contribution in [0.1, 0.15) is 76.5 Å². The molecule has 1 fully saturated rings. The van der Waals surface area contributed by atoms with Gasteiger partial charge in [0.25, 0.3) is 0 Å². The minimum Gasteiger partial charge on any atom is -0.496 e. The van der Waals surface area contributed by atoms with Crippen molar-refractivity contribution < 1.29 is 14.6 Å². The number of hydrogen-bond donors (Lipinski definition) is 1. The fourth-order valence-electron chi connectivity index (χ4n) is 5.74. The Morgan fingerprint density at radius 1 is 1.12 bits per heavy atom. The van der Waals surface area contributed by atoms with Crippen molar-refractivity contribution in [3.8, 4) is 11.5 Å². The summed E-state index contributed by atoms with van der Waals surface area (Å²) in [6.45, 7) is 11.3. The lowest BCUT2D eigenvalue weighted by molar-refractivity contribution is -0.0732. The molecule has 2 aliphatic rings. The number of benzene rings is 1. The lowest BCUT2D eigenvalue weighted by atomic mass is 9.49. The first kappa shape index (κ1) is 18.6. The molecule has 0 unspecified atom stereocenters. The Kier molecular flexibility index (Phi) is 4.60. The Morgan fingerprint density at radius 2 is 1.80 bits per heavy atom. The summed E-state index contributed by atoms with van der Waals surface area (Å²) in [5.41, 5.74) is 3.91. The SMILES string of the molecule is COc1cc2c(c(OC)c1C(C)C)CC[C@H]1C(C)(C)[C@@H](O)CC[C@]21C. The van der Waals surface area contributed by atoms with Crippen molar-refractivity contribution in [1.29, 1.82) is 0 Å². The van der Waals surface area contributed by atoms with Crippen molar-refractivity contribution in [2.75, 3.05) is 14.2 Å². The van der Waals surface area contributed by atoms with Gasteiger partial charge >= 0.3 is 0 Å². The van der Waals surface area contributed by atoms with Gasteiger partial charge in [-0.05, 0) is 65.5 Å². The second-order valence-corrected chi connectivity index (χ2v) is 9.09. The van der Waals surface area contributed by atoms with Gasteiger partial charge in [-0.3, -0.25) is 0 Å². The molecular formula is C22H34O3. The van der Waals surface area contributed by atoms with E-state index in [0.717, 1.165) is 37.2 Å². The molecule has 2 aliphatic carbocycles. The summed E-state index contributed by atoms with van der Waals surface area (Å²) >= 11 is 0. The first-order chi connectivity index (χ1) is 11.7. The van der Waals surface area contributed by atoms with Crippen LogP contribution in [0.4, 0.5) is 0 Å². The summed E-state index contributed by atoms with van der Waals surface area (Å²) in [7, 11) is 3.54. The van der Waals surface area contributed by atoms with Crippen molar-refractivity contribution in [2.45, 2.75) is 77.7 Å². The molecule has 25 heavy (non-hydrogen) atoms. The van der Waals surface area contributed by atoms with Gasteiger partial charge in [0.1, 0.15) is 11.5 Å². The Hall–Kier alpha value is -1.22.